The highest BCUT2D eigenvalue weighted by atomic mass is 16.2. The van der Waals surface area contributed by atoms with Gasteiger partial charge in [-0.15, -0.1) is 0 Å². The number of carbonyl (C=O) groups is 1. The Kier molecular flexibility index (Phi) is 3.46. The largest absolute Gasteiger partial charge is 0.359 e. The number of H-pyrrole nitrogens is 2. The third-order valence-electron chi connectivity index (χ3n) is 4.11. The molecule has 0 aliphatic heterocycles. The molecule has 4 rings (SSSR count). The Morgan fingerprint density at radius 3 is 2.88 bits per heavy atom. The van der Waals surface area contributed by atoms with Crippen molar-refractivity contribution in [2.45, 2.75) is 13.5 Å². The van der Waals surface area contributed by atoms with E-state index in [9.17, 15) is 4.79 Å². The monoisotopic (exact) mass is 318 g/mol. The maximum atomic E-state index is 12.2. The molecule has 0 unspecified atom stereocenters. The molecule has 5 heteroatoms. The van der Waals surface area contributed by atoms with Gasteiger partial charge in [-0.05, 0) is 42.1 Å². The molecule has 4 N–H and O–H groups in total. The molecule has 0 aliphatic rings. The first-order valence-electron chi connectivity index (χ1n) is 7.88. The maximum absolute atomic E-state index is 12.2. The van der Waals surface area contributed by atoms with Gasteiger partial charge < -0.3 is 20.6 Å². The molecule has 2 aromatic heterocycles. The summed E-state index contributed by atoms with van der Waals surface area (Å²) < 4.78 is 0. The number of benzene rings is 2. The highest BCUT2D eigenvalue weighted by molar-refractivity contribution is 6.00. The van der Waals surface area contributed by atoms with Crippen LogP contribution < -0.4 is 10.6 Å². The van der Waals surface area contributed by atoms with Gasteiger partial charge in [0.1, 0.15) is 0 Å². The number of carbonyl (C=O) groups excluding carboxylic acids is 1. The lowest BCUT2D eigenvalue weighted by Gasteiger charge is -2.07. The number of urea groups is 1. The topological polar surface area (TPSA) is 72.7 Å². The maximum Gasteiger partial charge on any atom is 0.319 e. The highest BCUT2D eigenvalue weighted by Gasteiger charge is 2.07. The lowest BCUT2D eigenvalue weighted by Crippen LogP contribution is -2.28. The lowest BCUT2D eigenvalue weighted by atomic mass is 10.1. The minimum absolute atomic E-state index is 0.218. The van der Waals surface area contributed by atoms with E-state index in [1.165, 1.54) is 0 Å². The van der Waals surface area contributed by atoms with Crippen LogP contribution in [0.5, 0.6) is 0 Å². The summed E-state index contributed by atoms with van der Waals surface area (Å²) in [6.07, 6.45) is 1.80. The molecule has 0 spiro atoms. The van der Waals surface area contributed by atoms with Gasteiger partial charge in [0.25, 0.3) is 0 Å². The number of para-hydroxylation sites is 1. The van der Waals surface area contributed by atoms with Crippen LogP contribution in [0, 0.1) is 6.92 Å². The van der Waals surface area contributed by atoms with Crippen LogP contribution in [-0.4, -0.2) is 16.0 Å². The predicted molar refractivity (Wildman–Crippen MR) is 97.2 cm³/mol. The van der Waals surface area contributed by atoms with E-state index in [1.807, 2.05) is 43.3 Å². The van der Waals surface area contributed by atoms with Crippen molar-refractivity contribution < 1.29 is 4.79 Å². The molecule has 24 heavy (non-hydrogen) atoms. The first kappa shape index (κ1) is 14.4. The van der Waals surface area contributed by atoms with Crippen LogP contribution in [0.3, 0.4) is 0 Å². The quantitative estimate of drug-likeness (QED) is 0.447. The van der Waals surface area contributed by atoms with Crippen LogP contribution in [-0.2, 0) is 6.54 Å². The van der Waals surface area contributed by atoms with Crippen molar-refractivity contribution in [3.05, 3.63) is 66.0 Å². The minimum atomic E-state index is -0.218. The second-order valence-corrected chi connectivity index (χ2v) is 5.93. The third-order valence-corrected chi connectivity index (χ3v) is 4.11. The van der Waals surface area contributed by atoms with E-state index in [4.69, 9.17) is 0 Å². The summed E-state index contributed by atoms with van der Waals surface area (Å²) in [5.74, 6) is 0. The summed E-state index contributed by atoms with van der Waals surface area (Å²) in [6, 6.07) is 15.9. The Bertz CT molecular complexity index is 1030. The molecule has 0 saturated heterocycles. The van der Waals surface area contributed by atoms with Crippen LogP contribution in [0.1, 0.15) is 11.3 Å². The lowest BCUT2D eigenvalue weighted by molar-refractivity contribution is 0.252. The van der Waals surface area contributed by atoms with Gasteiger partial charge in [0.05, 0.1) is 5.69 Å². The van der Waals surface area contributed by atoms with Crippen LogP contribution in [0.25, 0.3) is 21.8 Å². The van der Waals surface area contributed by atoms with Gasteiger partial charge in [-0.25, -0.2) is 4.79 Å². The van der Waals surface area contributed by atoms with E-state index in [2.05, 4.69) is 32.7 Å². The molecule has 2 aromatic carbocycles. The average Bonchev–Trinajstić information content (AvgIpc) is 3.15. The van der Waals surface area contributed by atoms with E-state index in [0.717, 1.165) is 38.8 Å². The number of aromatic nitrogens is 2. The van der Waals surface area contributed by atoms with Gasteiger partial charge in [0, 0.05) is 34.9 Å². The summed E-state index contributed by atoms with van der Waals surface area (Å²) in [5.41, 5.74) is 5.09. The molecule has 0 bridgehead atoms. The van der Waals surface area contributed by atoms with Crippen LogP contribution in [0.2, 0.25) is 0 Å². The molecular formula is C19H18N4O. The van der Waals surface area contributed by atoms with Gasteiger partial charge in [-0.2, -0.15) is 0 Å². The second kappa shape index (κ2) is 5.77. The third kappa shape index (κ3) is 2.72. The van der Waals surface area contributed by atoms with E-state index in [1.54, 1.807) is 6.20 Å². The second-order valence-electron chi connectivity index (χ2n) is 5.93. The number of rotatable bonds is 3. The zero-order valence-corrected chi connectivity index (χ0v) is 13.3. The van der Waals surface area contributed by atoms with Crippen molar-refractivity contribution in [2.24, 2.45) is 0 Å². The standard InChI is InChI=1S/C19H18N4O/c1-12-8-14-9-13(6-7-16(14)22-12)10-21-19(24)23-18-11-20-17-5-3-2-4-15(17)18/h2-9,11,20,22H,10H2,1H3,(H2,21,23,24). The van der Waals surface area contributed by atoms with Crippen molar-refractivity contribution >= 4 is 33.5 Å². The van der Waals surface area contributed by atoms with Crippen molar-refractivity contribution in [3.8, 4) is 0 Å². The molecular weight excluding hydrogens is 300 g/mol. The van der Waals surface area contributed by atoms with Crippen molar-refractivity contribution in [3.63, 3.8) is 0 Å². The number of amides is 2. The normalized spacial score (nSPS) is 11.0. The van der Waals surface area contributed by atoms with E-state index in [-0.39, 0.29) is 6.03 Å². The first-order valence-corrected chi connectivity index (χ1v) is 7.88. The van der Waals surface area contributed by atoms with Gasteiger partial charge in [0.15, 0.2) is 0 Å². The van der Waals surface area contributed by atoms with Crippen LogP contribution in [0.15, 0.2) is 54.7 Å². The average molecular weight is 318 g/mol. The Labute approximate surface area is 139 Å². The molecule has 0 aliphatic carbocycles. The van der Waals surface area contributed by atoms with Crippen molar-refractivity contribution in [1.29, 1.82) is 0 Å². The van der Waals surface area contributed by atoms with E-state index >= 15 is 0 Å². The van der Waals surface area contributed by atoms with E-state index in [0.29, 0.717) is 6.54 Å². The Balaban J connectivity index is 1.43. The molecule has 4 aromatic rings. The molecule has 0 saturated carbocycles. The fourth-order valence-corrected chi connectivity index (χ4v) is 2.96. The SMILES string of the molecule is Cc1cc2cc(CNC(=O)Nc3c[nH]c4ccccc34)ccc2[nH]1. The van der Waals surface area contributed by atoms with Gasteiger partial charge in [-0.3, -0.25) is 0 Å². The predicted octanol–water partition coefficient (Wildman–Crippen LogP) is 4.28. The van der Waals surface area contributed by atoms with Crippen molar-refractivity contribution in [2.75, 3.05) is 5.32 Å². The summed E-state index contributed by atoms with van der Waals surface area (Å²) >= 11 is 0. The molecule has 5 nitrogen and oxygen atoms in total. The minimum Gasteiger partial charge on any atom is -0.359 e. The number of aromatic amines is 2. The fourth-order valence-electron chi connectivity index (χ4n) is 2.96. The molecule has 0 fully saturated rings. The smallest absolute Gasteiger partial charge is 0.319 e. The first-order chi connectivity index (χ1) is 11.7. The molecule has 2 amide bonds. The van der Waals surface area contributed by atoms with Crippen molar-refractivity contribution in [1.82, 2.24) is 15.3 Å². The Morgan fingerprint density at radius 2 is 1.96 bits per heavy atom. The summed E-state index contributed by atoms with van der Waals surface area (Å²) in [4.78, 5) is 18.6. The summed E-state index contributed by atoms with van der Waals surface area (Å²) in [5, 5.41) is 7.94. The number of nitrogens with one attached hydrogen (secondary N) is 4. The molecule has 120 valence electrons. The Morgan fingerprint density at radius 1 is 1.08 bits per heavy atom. The van der Waals surface area contributed by atoms with Gasteiger partial charge in [-0.1, -0.05) is 24.3 Å². The van der Waals surface area contributed by atoms with E-state index < -0.39 is 0 Å². The van der Waals surface area contributed by atoms with Gasteiger partial charge in [0.2, 0.25) is 0 Å². The summed E-state index contributed by atoms with van der Waals surface area (Å²) in [6.45, 7) is 2.51. The number of fused-ring (bicyclic) bond motifs is 2. The van der Waals surface area contributed by atoms with Crippen LogP contribution >= 0.6 is 0 Å². The number of hydrogen-bond donors (Lipinski definition) is 4. The highest BCUT2D eigenvalue weighted by Crippen LogP contribution is 2.22. The molecule has 0 atom stereocenters. The zero-order chi connectivity index (χ0) is 16.5. The number of aryl methyl sites for hydroxylation is 1. The number of anilines is 1. The fraction of sp³-hybridized carbons (Fsp3) is 0.105. The molecule has 2 heterocycles. The van der Waals surface area contributed by atoms with Gasteiger partial charge >= 0.3 is 6.03 Å². The van der Waals surface area contributed by atoms with Crippen LogP contribution in [0.4, 0.5) is 10.5 Å². The molecule has 0 radical (unpaired) electrons. The Hall–Kier alpha value is -3.21. The summed E-state index contributed by atoms with van der Waals surface area (Å²) in [7, 11) is 0. The zero-order valence-electron chi connectivity index (χ0n) is 13.3. The number of hydrogen-bond acceptors (Lipinski definition) is 1.